The first kappa shape index (κ1) is 9.07. The van der Waals surface area contributed by atoms with Crippen LogP contribution in [0.1, 0.15) is 20.8 Å². The van der Waals surface area contributed by atoms with E-state index in [0.717, 1.165) is 5.88 Å². The molecule has 0 N–H and O–H groups in total. The van der Waals surface area contributed by atoms with Crippen molar-refractivity contribution in [3.05, 3.63) is 0 Å². The first-order valence-electron chi connectivity index (χ1n) is 3.80. The average Bonchev–Trinajstić information content (AvgIpc) is 2.06. The van der Waals surface area contributed by atoms with E-state index in [9.17, 15) is 4.79 Å². The largest absolute Gasteiger partial charge is 0.298 e. The number of carbonyl (C=O) groups excluding carboxylic acids is 1. The van der Waals surface area contributed by atoms with Gasteiger partial charge in [0, 0.05) is 10.6 Å². The number of rotatable bonds is 1. The second-order valence-electron chi connectivity index (χ2n) is 3.65. The predicted molar refractivity (Wildman–Crippen MR) is 48.8 cm³/mol. The molecule has 1 aliphatic heterocycles. The highest BCUT2D eigenvalue weighted by molar-refractivity contribution is 8.00. The van der Waals surface area contributed by atoms with Crippen molar-refractivity contribution in [2.45, 2.75) is 31.6 Å². The summed E-state index contributed by atoms with van der Waals surface area (Å²) in [6.45, 7) is 5.94. The van der Waals surface area contributed by atoms with E-state index < -0.39 is 0 Å². The minimum Gasteiger partial charge on any atom is -0.298 e. The zero-order valence-corrected chi connectivity index (χ0v) is 8.36. The Morgan fingerprint density at radius 3 is 2.36 bits per heavy atom. The lowest BCUT2D eigenvalue weighted by molar-refractivity contribution is -0.121. The summed E-state index contributed by atoms with van der Waals surface area (Å²) in [6.07, 6.45) is 0. The molecule has 3 heteroatoms. The van der Waals surface area contributed by atoms with Gasteiger partial charge in [0.2, 0.25) is 0 Å². The molecule has 11 heavy (non-hydrogen) atoms. The Labute approximate surface area is 72.3 Å². The van der Waals surface area contributed by atoms with Crippen molar-refractivity contribution < 1.29 is 4.79 Å². The maximum atomic E-state index is 11.2. The molecule has 1 atom stereocenters. The number of carbonyl (C=O) groups is 1. The third-order valence-electron chi connectivity index (χ3n) is 2.12. The van der Waals surface area contributed by atoms with Crippen LogP contribution in [0, 0.1) is 0 Å². The molecule has 0 amide bonds. The molecule has 0 bridgehead atoms. The molecule has 1 aliphatic rings. The van der Waals surface area contributed by atoms with Crippen molar-refractivity contribution in [2.75, 3.05) is 12.9 Å². The van der Waals surface area contributed by atoms with Gasteiger partial charge in [0.15, 0.2) is 0 Å². The summed E-state index contributed by atoms with van der Waals surface area (Å²) in [6, 6.07) is 0.104. The second kappa shape index (κ2) is 2.79. The van der Waals surface area contributed by atoms with Gasteiger partial charge in [-0.1, -0.05) is 0 Å². The second-order valence-corrected chi connectivity index (χ2v) is 5.25. The lowest BCUT2D eigenvalue weighted by atomic mass is 9.99. The lowest BCUT2D eigenvalue weighted by Gasteiger charge is -2.26. The molecule has 64 valence electrons. The first-order chi connectivity index (χ1) is 4.95. The summed E-state index contributed by atoms with van der Waals surface area (Å²) >= 11 is 1.85. The molecule has 1 heterocycles. The van der Waals surface area contributed by atoms with Crippen LogP contribution in [0.2, 0.25) is 0 Å². The fraction of sp³-hybridized carbons (Fsp3) is 0.875. The van der Waals surface area contributed by atoms with Gasteiger partial charge in [0.1, 0.15) is 5.78 Å². The molecule has 1 unspecified atom stereocenters. The number of Topliss-reactive ketones (excluding diaryl/α,β-unsaturated/α-hetero) is 1. The fourth-order valence-corrected chi connectivity index (χ4v) is 2.94. The maximum absolute atomic E-state index is 11.2. The van der Waals surface area contributed by atoms with Crippen LogP contribution >= 0.6 is 11.8 Å². The van der Waals surface area contributed by atoms with Crippen molar-refractivity contribution >= 4 is 17.5 Å². The monoisotopic (exact) mass is 173 g/mol. The smallest absolute Gasteiger partial charge is 0.148 e. The Morgan fingerprint density at radius 1 is 1.64 bits per heavy atom. The van der Waals surface area contributed by atoms with Gasteiger partial charge in [-0.3, -0.25) is 9.69 Å². The third kappa shape index (κ3) is 1.59. The number of ketones is 1. The van der Waals surface area contributed by atoms with Gasteiger partial charge < -0.3 is 0 Å². The molecule has 0 aromatic rings. The summed E-state index contributed by atoms with van der Waals surface area (Å²) in [7, 11) is 2.01. The van der Waals surface area contributed by atoms with Crippen molar-refractivity contribution in [2.24, 2.45) is 0 Å². The summed E-state index contributed by atoms with van der Waals surface area (Å²) < 4.78 is 0.0978. The van der Waals surface area contributed by atoms with E-state index in [1.165, 1.54) is 0 Å². The van der Waals surface area contributed by atoms with Crippen molar-refractivity contribution in [3.8, 4) is 0 Å². The van der Waals surface area contributed by atoms with Crippen LogP contribution in [-0.4, -0.2) is 34.4 Å². The molecule has 0 spiro atoms. The Hall–Kier alpha value is -0.0200. The molecule has 1 saturated heterocycles. The first-order valence-corrected chi connectivity index (χ1v) is 4.78. The van der Waals surface area contributed by atoms with Crippen LogP contribution < -0.4 is 0 Å². The van der Waals surface area contributed by atoms with Gasteiger partial charge in [0.05, 0.1) is 6.04 Å². The third-order valence-corrected chi connectivity index (χ3v) is 3.63. The normalized spacial score (nSPS) is 30.7. The van der Waals surface area contributed by atoms with Gasteiger partial charge in [-0.2, -0.15) is 0 Å². The molecule has 1 fully saturated rings. The van der Waals surface area contributed by atoms with Crippen LogP contribution in [0.4, 0.5) is 0 Å². The number of thioether (sulfide) groups is 1. The standard InChI is InChI=1S/C8H15NOS/c1-6(10)7-8(2,3)11-5-9(7)4/h7H,5H2,1-4H3. The zero-order valence-electron chi connectivity index (χ0n) is 7.55. The Balaban J connectivity index is 2.80. The molecule has 2 nitrogen and oxygen atoms in total. The Kier molecular flexibility index (Phi) is 2.30. The number of hydrogen-bond donors (Lipinski definition) is 0. The molecular formula is C8H15NOS. The minimum absolute atomic E-state index is 0.0978. The van der Waals surface area contributed by atoms with Gasteiger partial charge >= 0.3 is 0 Å². The van der Waals surface area contributed by atoms with Gasteiger partial charge in [0.25, 0.3) is 0 Å². The van der Waals surface area contributed by atoms with Crippen molar-refractivity contribution in [3.63, 3.8) is 0 Å². The highest BCUT2D eigenvalue weighted by Crippen LogP contribution is 2.38. The number of likely N-dealkylation sites (N-methyl/N-ethyl adjacent to an activating group) is 1. The SMILES string of the molecule is CC(=O)C1N(C)CSC1(C)C. The highest BCUT2D eigenvalue weighted by atomic mass is 32.2. The fourth-order valence-electron chi connectivity index (χ4n) is 1.75. The van der Waals surface area contributed by atoms with E-state index in [1.807, 2.05) is 18.8 Å². The lowest BCUT2D eigenvalue weighted by Crippen LogP contribution is -2.43. The molecule has 0 aromatic heterocycles. The van der Waals surface area contributed by atoms with Crippen molar-refractivity contribution in [1.82, 2.24) is 4.90 Å². The maximum Gasteiger partial charge on any atom is 0.148 e. The van der Waals surface area contributed by atoms with Crippen LogP contribution in [0.3, 0.4) is 0 Å². The van der Waals surface area contributed by atoms with E-state index in [2.05, 4.69) is 18.7 Å². The topological polar surface area (TPSA) is 20.3 Å². The van der Waals surface area contributed by atoms with E-state index in [4.69, 9.17) is 0 Å². The Bertz CT molecular complexity index is 179. The van der Waals surface area contributed by atoms with Crippen LogP contribution in [0.15, 0.2) is 0 Å². The molecule has 0 radical (unpaired) electrons. The van der Waals surface area contributed by atoms with Gasteiger partial charge in [-0.15, -0.1) is 11.8 Å². The van der Waals surface area contributed by atoms with Crippen LogP contribution in [0.25, 0.3) is 0 Å². The quantitative estimate of drug-likeness (QED) is 0.597. The summed E-state index contributed by atoms with van der Waals surface area (Å²) in [5, 5.41) is 0. The molecule has 0 saturated carbocycles. The minimum atomic E-state index is 0.0978. The van der Waals surface area contributed by atoms with E-state index in [1.54, 1.807) is 6.92 Å². The van der Waals surface area contributed by atoms with Crippen molar-refractivity contribution in [1.29, 1.82) is 0 Å². The van der Waals surface area contributed by atoms with E-state index in [0.29, 0.717) is 0 Å². The average molecular weight is 173 g/mol. The highest BCUT2D eigenvalue weighted by Gasteiger charge is 2.41. The molecule has 0 aromatic carbocycles. The molecule has 0 aliphatic carbocycles. The summed E-state index contributed by atoms with van der Waals surface area (Å²) in [5.74, 6) is 1.25. The van der Waals surface area contributed by atoms with Crippen LogP contribution in [0.5, 0.6) is 0 Å². The zero-order chi connectivity index (χ0) is 8.65. The molecular weight excluding hydrogens is 158 g/mol. The van der Waals surface area contributed by atoms with Gasteiger partial charge in [-0.25, -0.2) is 0 Å². The Morgan fingerprint density at radius 2 is 2.18 bits per heavy atom. The van der Waals surface area contributed by atoms with Crippen LogP contribution in [-0.2, 0) is 4.79 Å². The predicted octanol–water partition coefficient (Wildman–Crippen LogP) is 1.36. The van der Waals surface area contributed by atoms with Gasteiger partial charge in [-0.05, 0) is 27.8 Å². The number of nitrogens with zero attached hydrogens (tertiary/aromatic N) is 1. The summed E-state index contributed by atoms with van der Waals surface area (Å²) in [4.78, 5) is 13.3. The molecule has 1 rings (SSSR count). The van der Waals surface area contributed by atoms with E-state index in [-0.39, 0.29) is 16.6 Å². The summed E-state index contributed by atoms with van der Waals surface area (Å²) in [5.41, 5.74) is 0. The number of hydrogen-bond acceptors (Lipinski definition) is 3. The van der Waals surface area contributed by atoms with E-state index >= 15 is 0 Å².